The van der Waals surface area contributed by atoms with Crippen molar-refractivity contribution in [3.05, 3.63) is 45.9 Å². The molecule has 3 rings (SSSR count). The summed E-state index contributed by atoms with van der Waals surface area (Å²) in [6.07, 6.45) is 3.76. The van der Waals surface area contributed by atoms with E-state index < -0.39 is 5.97 Å². The number of aromatic nitrogens is 1. The van der Waals surface area contributed by atoms with Crippen LogP contribution in [-0.4, -0.2) is 34.3 Å². The Hall–Kier alpha value is -1.90. The highest BCUT2D eigenvalue weighted by molar-refractivity contribution is 7.98. The molecule has 26 heavy (non-hydrogen) atoms. The molecular weight excluding hydrogens is 372 g/mol. The van der Waals surface area contributed by atoms with Gasteiger partial charge in [0.15, 0.2) is 0 Å². The number of nitrogens with one attached hydrogen (secondary N) is 1. The van der Waals surface area contributed by atoms with Gasteiger partial charge in [-0.05, 0) is 30.5 Å². The molecule has 1 amide bonds. The maximum atomic E-state index is 12.4. The van der Waals surface area contributed by atoms with Gasteiger partial charge in [-0.2, -0.15) is 11.8 Å². The van der Waals surface area contributed by atoms with Crippen molar-refractivity contribution in [2.75, 3.05) is 17.7 Å². The Kier molecular flexibility index (Phi) is 6.65. The molecule has 1 fully saturated rings. The Balaban J connectivity index is 1.55. The first-order valence-corrected chi connectivity index (χ1v) is 10.4. The van der Waals surface area contributed by atoms with E-state index in [0.29, 0.717) is 16.4 Å². The summed E-state index contributed by atoms with van der Waals surface area (Å²) in [5.74, 6) is 0.312. The van der Waals surface area contributed by atoms with Gasteiger partial charge in [-0.3, -0.25) is 9.59 Å². The number of carboxylic acids is 1. The summed E-state index contributed by atoms with van der Waals surface area (Å²) in [6, 6.07) is 7.60. The lowest BCUT2D eigenvalue weighted by Crippen LogP contribution is -2.10. The molecular formula is C18H20N2O4S2. The lowest BCUT2D eigenvalue weighted by atomic mass is 10.2. The molecule has 0 aliphatic carbocycles. The van der Waals surface area contributed by atoms with Gasteiger partial charge in [0, 0.05) is 23.8 Å². The van der Waals surface area contributed by atoms with Crippen LogP contribution in [0.15, 0.2) is 30.5 Å². The number of benzene rings is 1. The van der Waals surface area contributed by atoms with Gasteiger partial charge in [0.05, 0.1) is 12.6 Å². The third-order valence-corrected chi connectivity index (χ3v) is 5.98. The molecule has 0 radical (unpaired) electrons. The molecule has 1 aliphatic rings. The monoisotopic (exact) mass is 392 g/mol. The van der Waals surface area contributed by atoms with Crippen LogP contribution in [0.1, 0.15) is 45.6 Å². The number of ether oxygens (including phenoxy) is 1. The van der Waals surface area contributed by atoms with Gasteiger partial charge < -0.3 is 15.2 Å². The number of thiazole rings is 1. The molecule has 0 spiro atoms. The first kappa shape index (κ1) is 18.9. The number of anilines is 1. The van der Waals surface area contributed by atoms with E-state index in [4.69, 9.17) is 9.84 Å². The summed E-state index contributed by atoms with van der Waals surface area (Å²) in [7, 11) is 0. The summed E-state index contributed by atoms with van der Waals surface area (Å²) >= 11 is 2.93. The van der Waals surface area contributed by atoms with Crippen molar-refractivity contribution in [1.29, 1.82) is 0 Å². The van der Waals surface area contributed by atoms with Crippen LogP contribution in [-0.2, 0) is 15.3 Å². The van der Waals surface area contributed by atoms with Gasteiger partial charge in [0.2, 0.25) is 0 Å². The van der Waals surface area contributed by atoms with Crippen LogP contribution in [0.2, 0.25) is 0 Å². The van der Waals surface area contributed by atoms with Gasteiger partial charge in [-0.25, -0.2) is 4.98 Å². The molecule has 1 atom stereocenters. The minimum Gasteiger partial charge on any atom is -0.481 e. The first-order valence-electron chi connectivity index (χ1n) is 8.39. The summed E-state index contributed by atoms with van der Waals surface area (Å²) < 4.78 is 5.60. The van der Waals surface area contributed by atoms with Crippen LogP contribution in [0.3, 0.4) is 0 Å². The molecule has 2 aromatic rings. The molecule has 0 saturated carbocycles. The van der Waals surface area contributed by atoms with Crippen molar-refractivity contribution >= 4 is 40.7 Å². The van der Waals surface area contributed by atoms with Crippen LogP contribution in [0.4, 0.5) is 5.69 Å². The second-order valence-electron chi connectivity index (χ2n) is 5.92. The number of hydrogen-bond acceptors (Lipinski definition) is 6. The Morgan fingerprint density at radius 1 is 1.42 bits per heavy atom. The van der Waals surface area contributed by atoms with E-state index in [-0.39, 0.29) is 18.4 Å². The minimum absolute atomic E-state index is 0.0210. The van der Waals surface area contributed by atoms with Crippen molar-refractivity contribution < 1.29 is 19.4 Å². The summed E-state index contributed by atoms with van der Waals surface area (Å²) in [5, 5.41) is 12.4. The van der Waals surface area contributed by atoms with Crippen molar-refractivity contribution in [2.24, 2.45) is 0 Å². The highest BCUT2D eigenvalue weighted by atomic mass is 32.2. The first-order chi connectivity index (χ1) is 12.6. The number of carbonyl (C=O) groups excluding carboxylic acids is 1. The molecule has 8 heteroatoms. The van der Waals surface area contributed by atoms with Gasteiger partial charge in [-0.15, -0.1) is 11.3 Å². The molecule has 1 aliphatic heterocycles. The molecule has 2 heterocycles. The van der Waals surface area contributed by atoms with Gasteiger partial charge in [0.25, 0.3) is 5.91 Å². The Bertz CT molecular complexity index is 772. The van der Waals surface area contributed by atoms with E-state index in [2.05, 4.69) is 10.3 Å². The molecule has 1 saturated heterocycles. The number of amides is 1. The second-order valence-corrected chi connectivity index (χ2v) is 8.08. The van der Waals surface area contributed by atoms with Crippen LogP contribution < -0.4 is 5.32 Å². The fourth-order valence-electron chi connectivity index (χ4n) is 2.59. The third kappa shape index (κ3) is 5.30. The lowest BCUT2D eigenvalue weighted by molar-refractivity contribution is -0.136. The minimum atomic E-state index is -0.787. The number of carboxylic acid groups (broad SMARTS) is 1. The molecule has 1 aromatic carbocycles. The van der Waals surface area contributed by atoms with Crippen molar-refractivity contribution in [3.63, 3.8) is 0 Å². The smallest absolute Gasteiger partial charge is 0.304 e. The SMILES string of the molecule is O=C(O)CCSCc1cccc(NC(=O)c2cnc(C3CCCO3)s2)c1. The second kappa shape index (κ2) is 9.16. The Morgan fingerprint density at radius 2 is 2.31 bits per heavy atom. The zero-order chi connectivity index (χ0) is 18.4. The predicted octanol–water partition coefficient (Wildman–Crippen LogP) is 3.95. The molecule has 0 bridgehead atoms. The van der Waals surface area contributed by atoms with E-state index in [1.165, 1.54) is 11.3 Å². The highest BCUT2D eigenvalue weighted by Gasteiger charge is 2.22. The lowest BCUT2D eigenvalue weighted by Gasteiger charge is -2.06. The van der Waals surface area contributed by atoms with Gasteiger partial charge in [-0.1, -0.05) is 12.1 Å². The van der Waals surface area contributed by atoms with E-state index in [0.717, 1.165) is 35.7 Å². The van der Waals surface area contributed by atoms with E-state index in [1.54, 1.807) is 18.0 Å². The number of aliphatic carboxylic acids is 1. The number of hydrogen-bond donors (Lipinski definition) is 2. The van der Waals surface area contributed by atoms with E-state index >= 15 is 0 Å². The largest absolute Gasteiger partial charge is 0.481 e. The fourth-order valence-corrected chi connectivity index (χ4v) is 4.37. The average molecular weight is 393 g/mol. The van der Waals surface area contributed by atoms with Crippen molar-refractivity contribution in [1.82, 2.24) is 4.98 Å². The molecule has 138 valence electrons. The summed E-state index contributed by atoms with van der Waals surface area (Å²) in [5.41, 5.74) is 1.76. The Labute approximate surface area is 160 Å². The number of rotatable bonds is 8. The zero-order valence-corrected chi connectivity index (χ0v) is 15.8. The standard InChI is InChI=1S/C18H20N2O4S2/c21-16(22)6-8-25-11-12-3-1-4-13(9-12)20-17(23)15-10-19-18(26-15)14-5-2-7-24-14/h1,3-4,9-10,14H,2,5-8,11H2,(H,20,23)(H,21,22). The summed E-state index contributed by atoms with van der Waals surface area (Å²) in [4.78, 5) is 27.9. The normalized spacial score (nSPS) is 16.5. The number of carbonyl (C=O) groups is 2. The maximum Gasteiger partial charge on any atom is 0.304 e. The van der Waals surface area contributed by atoms with Crippen LogP contribution in [0.25, 0.3) is 0 Å². The Morgan fingerprint density at radius 3 is 3.08 bits per heavy atom. The van der Waals surface area contributed by atoms with Crippen LogP contribution in [0.5, 0.6) is 0 Å². The van der Waals surface area contributed by atoms with Crippen LogP contribution in [0, 0.1) is 0 Å². The topological polar surface area (TPSA) is 88.5 Å². The predicted molar refractivity (Wildman–Crippen MR) is 103 cm³/mol. The number of nitrogens with zero attached hydrogens (tertiary/aromatic N) is 1. The fraction of sp³-hybridized carbons (Fsp3) is 0.389. The average Bonchev–Trinajstić information content (AvgIpc) is 3.30. The summed E-state index contributed by atoms with van der Waals surface area (Å²) in [6.45, 7) is 0.753. The van der Waals surface area contributed by atoms with Gasteiger partial charge in [0.1, 0.15) is 16.0 Å². The molecule has 2 N–H and O–H groups in total. The van der Waals surface area contributed by atoms with E-state index in [1.807, 2.05) is 24.3 Å². The molecule has 1 aromatic heterocycles. The van der Waals surface area contributed by atoms with Crippen molar-refractivity contribution in [3.8, 4) is 0 Å². The zero-order valence-electron chi connectivity index (χ0n) is 14.1. The van der Waals surface area contributed by atoms with Crippen molar-refractivity contribution in [2.45, 2.75) is 31.1 Å². The maximum absolute atomic E-state index is 12.4. The van der Waals surface area contributed by atoms with Gasteiger partial charge >= 0.3 is 5.97 Å². The quantitative estimate of drug-likeness (QED) is 0.661. The number of thioether (sulfide) groups is 1. The highest BCUT2D eigenvalue weighted by Crippen LogP contribution is 2.31. The molecule has 6 nitrogen and oxygen atoms in total. The third-order valence-electron chi connectivity index (χ3n) is 3.87. The van der Waals surface area contributed by atoms with E-state index in [9.17, 15) is 9.59 Å². The molecule has 1 unspecified atom stereocenters. The van der Waals surface area contributed by atoms with Crippen LogP contribution >= 0.6 is 23.1 Å².